The van der Waals surface area contributed by atoms with Crippen molar-refractivity contribution in [2.45, 2.75) is 37.3 Å². The van der Waals surface area contributed by atoms with Gasteiger partial charge < -0.3 is 29.9 Å². The number of aliphatic hydroxyl groups excluding tert-OH is 4. The van der Waals surface area contributed by atoms with Crippen LogP contribution in [0.25, 0.3) is 0 Å². The molecule has 0 aromatic carbocycles. The lowest BCUT2D eigenvalue weighted by molar-refractivity contribution is -0.516. The Hall–Kier alpha value is -0.880. The molecule has 4 N–H and O–H groups in total. The molecule has 0 aromatic rings. The minimum atomic E-state index is -6.21. The van der Waals surface area contributed by atoms with Crippen LogP contribution in [-0.2, 0) is 18.9 Å². The SMILES string of the molecule is OCC(CO)CCOCC(F)(F)OC(F)(F)C(F)(F)OC(F)(F)COCCC(CO)CO. The predicted octanol–water partition coefficient (Wildman–Crippen LogP) is 1.41. The molecule has 0 aliphatic carbocycles. The first kappa shape index (κ1) is 31.1. The molecule has 194 valence electrons. The van der Waals surface area contributed by atoms with E-state index >= 15 is 0 Å². The number of alkyl halides is 8. The molecule has 0 radical (unpaired) electrons. The highest BCUT2D eigenvalue weighted by atomic mass is 19.3. The maximum absolute atomic E-state index is 13.4. The largest absolute Gasteiger partial charge is 0.453 e. The molecule has 32 heavy (non-hydrogen) atoms. The van der Waals surface area contributed by atoms with Crippen molar-refractivity contribution >= 4 is 0 Å². The molecule has 0 aromatic heterocycles. The Bertz CT molecular complexity index is 460. The van der Waals surface area contributed by atoms with Gasteiger partial charge in [0.1, 0.15) is 13.2 Å². The van der Waals surface area contributed by atoms with Crippen molar-refractivity contribution in [2.24, 2.45) is 11.8 Å². The summed E-state index contributed by atoms with van der Waals surface area (Å²) in [6, 6.07) is 0. The third-order valence-electron chi connectivity index (χ3n) is 3.81. The van der Waals surface area contributed by atoms with E-state index in [1.807, 2.05) is 0 Å². The van der Waals surface area contributed by atoms with Crippen LogP contribution in [0.4, 0.5) is 35.1 Å². The van der Waals surface area contributed by atoms with Crippen molar-refractivity contribution in [3.8, 4) is 0 Å². The van der Waals surface area contributed by atoms with E-state index < -0.39 is 89.1 Å². The predicted molar refractivity (Wildman–Crippen MR) is 88.2 cm³/mol. The highest BCUT2D eigenvalue weighted by Crippen LogP contribution is 2.43. The molecule has 0 aliphatic rings. The number of halogens is 8. The molecule has 8 nitrogen and oxygen atoms in total. The molecule has 0 amide bonds. The molecular formula is C16H26F8O8. The van der Waals surface area contributed by atoms with Gasteiger partial charge >= 0.3 is 24.4 Å². The van der Waals surface area contributed by atoms with Crippen molar-refractivity contribution < 1.29 is 74.5 Å². The van der Waals surface area contributed by atoms with Crippen molar-refractivity contribution in [2.75, 3.05) is 52.9 Å². The topological polar surface area (TPSA) is 118 Å². The van der Waals surface area contributed by atoms with Gasteiger partial charge in [-0.05, 0) is 12.8 Å². The van der Waals surface area contributed by atoms with Gasteiger partial charge in [0.05, 0.1) is 0 Å². The van der Waals surface area contributed by atoms with Crippen molar-refractivity contribution in [3.05, 3.63) is 0 Å². The zero-order chi connectivity index (χ0) is 25.1. The fraction of sp³-hybridized carbons (Fsp3) is 1.00. The molecule has 0 atom stereocenters. The van der Waals surface area contributed by atoms with Crippen LogP contribution >= 0.6 is 0 Å². The van der Waals surface area contributed by atoms with E-state index in [4.69, 9.17) is 20.4 Å². The third kappa shape index (κ3) is 11.8. The van der Waals surface area contributed by atoms with Crippen LogP contribution in [0, 0.1) is 11.8 Å². The molecule has 0 spiro atoms. The lowest BCUT2D eigenvalue weighted by Crippen LogP contribution is -2.53. The zero-order valence-electron chi connectivity index (χ0n) is 16.7. The van der Waals surface area contributed by atoms with Gasteiger partial charge in [-0.3, -0.25) is 0 Å². The van der Waals surface area contributed by atoms with Crippen molar-refractivity contribution in [1.29, 1.82) is 0 Å². The van der Waals surface area contributed by atoms with E-state index in [1.54, 1.807) is 0 Å². The Labute approximate surface area is 177 Å². The summed E-state index contributed by atoms with van der Waals surface area (Å²) in [6.07, 6.45) is -22.9. The molecule has 0 aliphatic heterocycles. The maximum Gasteiger partial charge on any atom is 0.453 e. The second-order valence-electron chi connectivity index (χ2n) is 6.66. The summed E-state index contributed by atoms with van der Waals surface area (Å²) in [5.74, 6) is -1.52. The minimum Gasteiger partial charge on any atom is -0.396 e. The van der Waals surface area contributed by atoms with E-state index in [9.17, 15) is 35.1 Å². The lowest BCUT2D eigenvalue weighted by Gasteiger charge is -2.31. The summed E-state index contributed by atoms with van der Waals surface area (Å²) < 4.78 is 121. The van der Waals surface area contributed by atoms with Gasteiger partial charge in [-0.1, -0.05) is 0 Å². The first-order valence-electron chi connectivity index (χ1n) is 9.15. The van der Waals surface area contributed by atoms with E-state index in [-0.39, 0.29) is 12.8 Å². The summed E-state index contributed by atoms with van der Waals surface area (Å²) in [4.78, 5) is 0. The van der Waals surface area contributed by atoms with Crippen LogP contribution < -0.4 is 0 Å². The summed E-state index contributed by atoms with van der Waals surface area (Å²) in [5.41, 5.74) is 0. The number of hydrogen-bond acceptors (Lipinski definition) is 8. The molecule has 0 fully saturated rings. The van der Waals surface area contributed by atoms with Crippen LogP contribution in [0.15, 0.2) is 0 Å². The van der Waals surface area contributed by atoms with Gasteiger partial charge in [0.25, 0.3) is 0 Å². The Morgan fingerprint density at radius 1 is 0.531 bits per heavy atom. The monoisotopic (exact) mass is 498 g/mol. The first-order valence-corrected chi connectivity index (χ1v) is 9.15. The fourth-order valence-electron chi connectivity index (χ4n) is 1.92. The maximum atomic E-state index is 13.4. The standard InChI is InChI=1S/C16H26F8O8/c17-13(18,9-29-3-1-11(5-25)6-26)31-15(21,22)16(23,24)32-14(19,20)10-30-4-2-12(7-27)8-28/h11-12,25-28H,1-10H2. The number of hydrogen-bond donors (Lipinski definition) is 4. The van der Waals surface area contributed by atoms with E-state index in [0.717, 1.165) is 0 Å². The molecular weight excluding hydrogens is 472 g/mol. The molecule has 0 rings (SSSR count). The third-order valence-corrected chi connectivity index (χ3v) is 3.81. The van der Waals surface area contributed by atoms with Crippen LogP contribution in [0.5, 0.6) is 0 Å². The van der Waals surface area contributed by atoms with Gasteiger partial charge in [-0.25, -0.2) is 9.47 Å². The second kappa shape index (κ2) is 13.7. The molecule has 0 unspecified atom stereocenters. The minimum absolute atomic E-state index is 0.178. The van der Waals surface area contributed by atoms with Crippen LogP contribution in [-0.4, -0.2) is 97.7 Å². The fourth-order valence-corrected chi connectivity index (χ4v) is 1.92. The Balaban J connectivity index is 4.72. The Kier molecular flexibility index (Phi) is 13.4. The quantitative estimate of drug-likeness (QED) is 0.156. The highest BCUT2D eigenvalue weighted by molar-refractivity contribution is 4.72. The van der Waals surface area contributed by atoms with Gasteiger partial charge in [0.15, 0.2) is 0 Å². The second-order valence-corrected chi connectivity index (χ2v) is 6.66. The molecule has 0 saturated heterocycles. The summed E-state index contributed by atoms with van der Waals surface area (Å²) >= 11 is 0. The molecule has 16 heteroatoms. The van der Waals surface area contributed by atoms with Crippen molar-refractivity contribution in [3.63, 3.8) is 0 Å². The van der Waals surface area contributed by atoms with Gasteiger partial charge in [0, 0.05) is 51.5 Å². The first-order chi connectivity index (χ1) is 14.6. The highest BCUT2D eigenvalue weighted by Gasteiger charge is 2.67. The van der Waals surface area contributed by atoms with E-state index in [0.29, 0.717) is 0 Å². The summed E-state index contributed by atoms with van der Waals surface area (Å²) in [6.45, 7) is -7.23. The Morgan fingerprint density at radius 3 is 1.06 bits per heavy atom. The van der Waals surface area contributed by atoms with Gasteiger partial charge in [0.2, 0.25) is 0 Å². The summed E-state index contributed by atoms with van der Waals surface area (Å²) in [7, 11) is 0. The van der Waals surface area contributed by atoms with E-state index in [2.05, 4.69) is 18.9 Å². The summed E-state index contributed by atoms with van der Waals surface area (Å²) in [5, 5.41) is 35.0. The molecule has 0 saturated carbocycles. The van der Waals surface area contributed by atoms with Gasteiger partial charge in [-0.2, -0.15) is 35.1 Å². The lowest BCUT2D eigenvalue weighted by atomic mass is 10.1. The van der Waals surface area contributed by atoms with Crippen LogP contribution in [0.3, 0.4) is 0 Å². The van der Waals surface area contributed by atoms with Gasteiger partial charge in [-0.15, -0.1) is 0 Å². The van der Waals surface area contributed by atoms with E-state index in [1.165, 1.54) is 0 Å². The zero-order valence-corrected chi connectivity index (χ0v) is 16.7. The van der Waals surface area contributed by atoms with Crippen molar-refractivity contribution in [1.82, 2.24) is 0 Å². The molecule has 0 heterocycles. The average Bonchev–Trinajstić information content (AvgIpc) is 2.66. The molecule has 0 bridgehead atoms. The number of aliphatic hydroxyl groups is 4. The normalized spacial score (nSPS) is 14.1. The smallest absolute Gasteiger partial charge is 0.396 e. The average molecular weight is 498 g/mol. The Morgan fingerprint density at radius 2 is 0.812 bits per heavy atom. The van der Waals surface area contributed by atoms with Crippen LogP contribution in [0.1, 0.15) is 12.8 Å². The number of rotatable bonds is 19. The van der Waals surface area contributed by atoms with Crippen LogP contribution in [0.2, 0.25) is 0 Å². The number of ether oxygens (including phenoxy) is 4.